The monoisotopic (exact) mass is 243 g/mol. The van der Waals surface area contributed by atoms with Gasteiger partial charge in [0.15, 0.2) is 0 Å². The van der Waals surface area contributed by atoms with E-state index in [0.29, 0.717) is 5.82 Å². The Morgan fingerprint density at radius 1 is 1.17 bits per heavy atom. The zero-order chi connectivity index (χ0) is 12.8. The number of esters is 1. The van der Waals surface area contributed by atoms with Gasteiger partial charge in [0.25, 0.3) is 0 Å². The van der Waals surface area contributed by atoms with Crippen molar-refractivity contribution >= 4 is 11.8 Å². The second-order valence-corrected chi connectivity index (χ2v) is 3.60. The van der Waals surface area contributed by atoms with Crippen LogP contribution in [0.1, 0.15) is 0 Å². The molecular weight excluding hydrogens is 230 g/mol. The highest BCUT2D eigenvalue weighted by molar-refractivity contribution is 5.74. The third-order valence-electron chi connectivity index (χ3n) is 2.38. The van der Waals surface area contributed by atoms with Crippen molar-refractivity contribution in [2.75, 3.05) is 19.0 Å². The highest BCUT2D eigenvalue weighted by Gasteiger charge is 2.02. The molecule has 1 aromatic heterocycles. The number of benzene rings is 1. The van der Waals surface area contributed by atoms with Gasteiger partial charge in [-0.15, -0.1) is 10.2 Å². The Morgan fingerprint density at radius 2 is 1.94 bits per heavy atom. The highest BCUT2D eigenvalue weighted by Crippen LogP contribution is 2.15. The van der Waals surface area contributed by atoms with Crippen LogP contribution < -0.4 is 5.32 Å². The molecule has 0 saturated carbocycles. The minimum Gasteiger partial charge on any atom is -0.468 e. The van der Waals surface area contributed by atoms with Gasteiger partial charge in [-0.2, -0.15) is 0 Å². The number of ether oxygens (including phenoxy) is 1. The maximum absolute atomic E-state index is 10.9. The summed E-state index contributed by atoms with van der Waals surface area (Å²) in [5.74, 6) is 0.198. The number of methoxy groups -OCH3 is 1. The van der Waals surface area contributed by atoms with Crippen LogP contribution in [0.15, 0.2) is 42.5 Å². The third kappa shape index (κ3) is 3.04. The largest absolute Gasteiger partial charge is 0.468 e. The van der Waals surface area contributed by atoms with E-state index in [9.17, 15) is 4.79 Å². The average Bonchev–Trinajstić information content (AvgIpc) is 2.46. The Morgan fingerprint density at radius 3 is 2.56 bits per heavy atom. The number of rotatable bonds is 4. The van der Waals surface area contributed by atoms with Gasteiger partial charge < -0.3 is 10.1 Å². The summed E-state index contributed by atoms with van der Waals surface area (Å²) >= 11 is 0. The minimum absolute atomic E-state index is 0.0792. The van der Waals surface area contributed by atoms with Gasteiger partial charge in [-0.25, -0.2) is 0 Å². The van der Waals surface area contributed by atoms with Crippen molar-refractivity contribution in [3.63, 3.8) is 0 Å². The summed E-state index contributed by atoms with van der Waals surface area (Å²) in [6, 6.07) is 13.4. The zero-order valence-corrected chi connectivity index (χ0v) is 9.96. The van der Waals surface area contributed by atoms with Gasteiger partial charge in [-0.05, 0) is 12.1 Å². The van der Waals surface area contributed by atoms with Crippen molar-refractivity contribution in [3.8, 4) is 11.3 Å². The molecule has 2 rings (SSSR count). The molecule has 1 heterocycles. The van der Waals surface area contributed by atoms with Crippen LogP contribution >= 0.6 is 0 Å². The fraction of sp³-hybridized carbons (Fsp3) is 0.154. The zero-order valence-electron chi connectivity index (χ0n) is 9.96. The van der Waals surface area contributed by atoms with E-state index in [1.165, 1.54) is 7.11 Å². The predicted octanol–water partition coefficient (Wildman–Crippen LogP) is 1.73. The van der Waals surface area contributed by atoms with E-state index in [2.05, 4.69) is 20.3 Å². The number of carbonyl (C=O) groups is 1. The first-order chi connectivity index (χ1) is 8.79. The van der Waals surface area contributed by atoms with E-state index >= 15 is 0 Å². The fourth-order valence-corrected chi connectivity index (χ4v) is 1.42. The molecule has 1 aromatic carbocycles. The molecule has 0 amide bonds. The van der Waals surface area contributed by atoms with E-state index in [0.717, 1.165) is 11.3 Å². The van der Waals surface area contributed by atoms with E-state index in [1.807, 2.05) is 36.4 Å². The van der Waals surface area contributed by atoms with Gasteiger partial charge in [-0.1, -0.05) is 30.3 Å². The van der Waals surface area contributed by atoms with Gasteiger partial charge in [-0.3, -0.25) is 4.79 Å². The summed E-state index contributed by atoms with van der Waals surface area (Å²) in [5, 5.41) is 10.9. The first kappa shape index (κ1) is 12.0. The molecule has 0 radical (unpaired) electrons. The Labute approximate surface area is 105 Å². The fourth-order valence-electron chi connectivity index (χ4n) is 1.42. The topological polar surface area (TPSA) is 64.1 Å². The molecule has 0 atom stereocenters. The van der Waals surface area contributed by atoms with Crippen LogP contribution in [0.2, 0.25) is 0 Å². The van der Waals surface area contributed by atoms with Gasteiger partial charge in [0, 0.05) is 5.56 Å². The number of carbonyl (C=O) groups excluding carboxylic acids is 1. The molecule has 18 heavy (non-hydrogen) atoms. The quantitative estimate of drug-likeness (QED) is 0.828. The molecule has 92 valence electrons. The summed E-state index contributed by atoms with van der Waals surface area (Å²) < 4.78 is 4.52. The molecule has 0 aliphatic rings. The average molecular weight is 243 g/mol. The molecule has 0 bridgehead atoms. The lowest BCUT2D eigenvalue weighted by molar-refractivity contribution is -0.138. The lowest BCUT2D eigenvalue weighted by Gasteiger charge is -2.04. The molecule has 0 aliphatic heterocycles. The first-order valence-corrected chi connectivity index (χ1v) is 5.49. The van der Waals surface area contributed by atoms with E-state index in [-0.39, 0.29) is 12.5 Å². The van der Waals surface area contributed by atoms with Gasteiger partial charge in [0.1, 0.15) is 12.4 Å². The Kier molecular flexibility index (Phi) is 3.86. The molecule has 0 aliphatic carbocycles. The summed E-state index contributed by atoms with van der Waals surface area (Å²) in [6.45, 7) is 0.0792. The van der Waals surface area contributed by atoms with Crippen LogP contribution in [-0.4, -0.2) is 29.8 Å². The number of anilines is 1. The van der Waals surface area contributed by atoms with Crippen LogP contribution in [0.3, 0.4) is 0 Å². The predicted molar refractivity (Wildman–Crippen MR) is 68.0 cm³/mol. The molecule has 0 unspecified atom stereocenters. The number of hydrogen-bond acceptors (Lipinski definition) is 5. The van der Waals surface area contributed by atoms with Gasteiger partial charge >= 0.3 is 5.97 Å². The summed E-state index contributed by atoms with van der Waals surface area (Å²) in [6.07, 6.45) is 0. The molecule has 1 N–H and O–H groups in total. The summed E-state index contributed by atoms with van der Waals surface area (Å²) in [4.78, 5) is 10.9. The van der Waals surface area contributed by atoms with Crippen molar-refractivity contribution < 1.29 is 9.53 Å². The third-order valence-corrected chi connectivity index (χ3v) is 2.38. The lowest BCUT2D eigenvalue weighted by atomic mass is 10.1. The molecule has 5 nitrogen and oxygen atoms in total. The molecule has 0 spiro atoms. The molecule has 5 heteroatoms. The number of nitrogens with one attached hydrogen (secondary N) is 1. The Hall–Kier alpha value is -2.43. The summed E-state index contributed by atoms with van der Waals surface area (Å²) in [7, 11) is 1.34. The highest BCUT2D eigenvalue weighted by atomic mass is 16.5. The van der Waals surface area contributed by atoms with Gasteiger partial charge in [0.2, 0.25) is 0 Å². The van der Waals surface area contributed by atoms with E-state index < -0.39 is 0 Å². The van der Waals surface area contributed by atoms with Crippen molar-refractivity contribution in [1.29, 1.82) is 0 Å². The standard InChI is InChI=1S/C13H13N3O2/c1-18-13(17)9-14-12-8-7-11(15-16-12)10-5-3-2-4-6-10/h2-8H,9H2,1H3,(H,14,16). The number of hydrogen-bond donors (Lipinski definition) is 1. The SMILES string of the molecule is COC(=O)CNc1ccc(-c2ccccc2)nn1. The van der Waals surface area contributed by atoms with Crippen LogP contribution in [0, 0.1) is 0 Å². The van der Waals surface area contributed by atoms with Crippen molar-refractivity contribution in [1.82, 2.24) is 10.2 Å². The smallest absolute Gasteiger partial charge is 0.325 e. The summed E-state index contributed by atoms with van der Waals surface area (Å²) in [5.41, 5.74) is 1.80. The molecule has 0 fully saturated rings. The van der Waals surface area contributed by atoms with Crippen molar-refractivity contribution in [2.24, 2.45) is 0 Å². The molecular formula is C13H13N3O2. The second kappa shape index (κ2) is 5.77. The molecule has 0 saturated heterocycles. The minimum atomic E-state index is -0.344. The maximum Gasteiger partial charge on any atom is 0.325 e. The van der Waals surface area contributed by atoms with Gasteiger partial charge in [0.05, 0.1) is 12.8 Å². The van der Waals surface area contributed by atoms with Crippen molar-refractivity contribution in [3.05, 3.63) is 42.5 Å². The molecule has 2 aromatic rings. The maximum atomic E-state index is 10.9. The first-order valence-electron chi connectivity index (χ1n) is 5.49. The van der Waals surface area contributed by atoms with E-state index in [4.69, 9.17) is 0 Å². The van der Waals surface area contributed by atoms with Crippen LogP contribution in [0.5, 0.6) is 0 Å². The van der Waals surface area contributed by atoms with Crippen LogP contribution in [-0.2, 0) is 9.53 Å². The Balaban J connectivity index is 2.04. The second-order valence-electron chi connectivity index (χ2n) is 3.60. The normalized spacial score (nSPS) is 9.83. The van der Waals surface area contributed by atoms with Crippen LogP contribution in [0.4, 0.5) is 5.82 Å². The van der Waals surface area contributed by atoms with E-state index in [1.54, 1.807) is 6.07 Å². The number of aromatic nitrogens is 2. The van der Waals surface area contributed by atoms with Crippen LogP contribution in [0.25, 0.3) is 11.3 Å². The Bertz CT molecular complexity index is 512. The lowest BCUT2D eigenvalue weighted by Crippen LogP contribution is -2.15. The van der Waals surface area contributed by atoms with Crippen molar-refractivity contribution in [2.45, 2.75) is 0 Å². The number of nitrogens with zero attached hydrogens (tertiary/aromatic N) is 2.